The quantitative estimate of drug-likeness (QED) is 0.549. The molecule has 2 bridgehead atoms. The molecule has 0 radical (unpaired) electrons. The molecule has 0 aromatic heterocycles. The van der Waals surface area contributed by atoms with Crippen molar-refractivity contribution in [3.63, 3.8) is 0 Å². The maximum Gasteiger partial charge on any atom is 0.333 e. The largest absolute Gasteiger partial charge is 0.455 e. The average Bonchev–Trinajstić information content (AvgIpc) is 2.75. The van der Waals surface area contributed by atoms with Gasteiger partial charge in [-0.2, -0.15) is 0 Å². The summed E-state index contributed by atoms with van der Waals surface area (Å²) in [7, 11) is 0. The molecule has 2 heteroatoms. The standard InChI is InChI=1S/C15H24O2/c1-10(2)8-15(17-14(16)11(3)4)9-12-5-6-13(15)7-12/h10,12-13H,3,5-9H2,1-2,4H3. The SMILES string of the molecule is C=C(C)C(=O)OC1(CC(C)C)CC2CCC1C2. The first kappa shape index (κ1) is 12.7. The second-order valence-electron chi connectivity index (χ2n) is 6.41. The third-order valence-electron chi connectivity index (χ3n) is 4.32. The maximum absolute atomic E-state index is 11.8. The van der Waals surface area contributed by atoms with Crippen LogP contribution in [-0.2, 0) is 9.53 Å². The van der Waals surface area contributed by atoms with E-state index < -0.39 is 0 Å². The molecule has 0 aromatic rings. The molecule has 2 aliphatic rings. The molecule has 0 spiro atoms. The van der Waals surface area contributed by atoms with Gasteiger partial charge in [0.1, 0.15) is 5.60 Å². The summed E-state index contributed by atoms with van der Waals surface area (Å²) in [6.07, 6.45) is 5.91. The smallest absolute Gasteiger partial charge is 0.333 e. The average molecular weight is 236 g/mol. The second-order valence-corrected chi connectivity index (χ2v) is 6.41. The summed E-state index contributed by atoms with van der Waals surface area (Å²) in [5.41, 5.74) is 0.350. The lowest BCUT2D eigenvalue weighted by Gasteiger charge is -2.38. The topological polar surface area (TPSA) is 26.3 Å². The summed E-state index contributed by atoms with van der Waals surface area (Å²) in [6.45, 7) is 9.85. The van der Waals surface area contributed by atoms with Gasteiger partial charge in [0.25, 0.3) is 0 Å². The minimum absolute atomic E-state index is 0.173. The molecule has 2 saturated carbocycles. The van der Waals surface area contributed by atoms with Crippen LogP contribution >= 0.6 is 0 Å². The third-order valence-corrected chi connectivity index (χ3v) is 4.32. The van der Waals surface area contributed by atoms with Crippen LogP contribution in [0.4, 0.5) is 0 Å². The number of carbonyl (C=O) groups is 1. The van der Waals surface area contributed by atoms with Crippen molar-refractivity contribution >= 4 is 5.97 Å². The van der Waals surface area contributed by atoms with Crippen molar-refractivity contribution in [1.29, 1.82) is 0 Å². The van der Waals surface area contributed by atoms with E-state index in [1.807, 2.05) is 0 Å². The number of hydrogen-bond donors (Lipinski definition) is 0. The van der Waals surface area contributed by atoms with Gasteiger partial charge in [-0.1, -0.05) is 20.4 Å². The number of rotatable bonds is 4. The van der Waals surface area contributed by atoms with Gasteiger partial charge < -0.3 is 4.74 Å². The zero-order chi connectivity index (χ0) is 12.6. The lowest BCUT2D eigenvalue weighted by molar-refractivity contribution is -0.163. The fourth-order valence-corrected chi connectivity index (χ4v) is 3.77. The minimum atomic E-state index is -0.196. The summed E-state index contributed by atoms with van der Waals surface area (Å²) >= 11 is 0. The van der Waals surface area contributed by atoms with Gasteiger partial charge in [0, 0.05) is 5.57 Å². The van der Waals surface area contributed by atoms with E-state index in [4.69, 9.17) is 4.74 Å². The van der Waals surface area contributed by atoms with Crippen LogP contribution in [0.3, 0.4) is 0 Å². The molecule has 0 saturated heterocycles. The van der Waals surface area contributed by atoms with Gasteiger partial charge in [0.05, 0.1) is 0 Å². The van der Waals surface area contributed by atoms with Crippen LogP contribution < -0.4 is 0 Å². The molecule has 17 heavy (non-hydrogen) atoms. The Bertz CT molecular complexity index is 332. The van der Waals surface area contributed by atoms with Gasteiger partial charge in [-0.05, 0) is 56.8 Å². The minimum Gasteiger partial charge on any atom is -0.455 e. The van der Waals surface area contributed by atoms with Gasteiger partial charge >= 0.3 is 5.97 Å². The van der Waals surface area contributed by atoms with Gasteiger partial charge in [-0.15, -0.1) is 0 Å². The second kappa shape index (κ2) is 4.47. The highest BCUT2D eigenvalue weighted by Gasteiger charge is 2.53. The lowest BCUT2D eigenvalue weighted by Crippen LogP contribution is -2.41. The molecule has 3 atom stereocenters. The predicted octanol–water partition coefficient (Wildman–Crippen LogP) is 3.71. The van der Waals surface area contributed by atoms with Crippen LogP contribution in [0.15, 0.2) is 12.2 Å². The molecular weight excluding hydrogens is 212 g/mol. The zero-order valence-electron chi connectivity index (χ0n) is 11.3. The summed E-state index contributed by atoms with van der Waals surface area (Å²) in [5, 5.41) is 0. The number of ether oxygens (including phenoxy) is 1. The van der Waals surface area contributed by atoms with E-state index in [-0.39, 0.29) is 11.6 Å². The van der Waals surface area contributed by atoms with E-state index >= 15 is 0 Å². The number of carbonyl (C=O) groups excluding carboxylic acids is 1. The van der Waals surface area contributed by atoms with Crippen LogP contribution in [0, 0.1) is 17.8 Å². The lowest BCUT2D eigenvalue weighted by atomic mass is 9.78. The van der Waals surface area contributed by atoms with E-state index in [1.165, 1.54) is 19.3 Å². The molecule has 0 heterocycles. The highest BCUT2D eigenvalue weighted by molar-refractivity contribution is 5.87. The Morgan fingerprint density at radius 1 is 1.47 bits per heavy atom. The first-order valence-electron chi connectivity index (χ1n) is 6.82. The van der Waals surface area contributed by atoms with Gasteiger partial charge in [0.2, 0.25) is 0 Å². The Morgan fingerprint density at radius 2 is 2.18 bits per heavy atom. The van der Waals surface area contributed by atoms with Crippen LogP contribution in [0.5, 0.6) is 0 Å². The van der Waals surface area contributed by atoms with Crippen molar-refractivity contribution in [2.75, 3.05) is 0 Å². The Balaban J connectivity index is 2.14. The number of esters is 1. The van der Waals surface area contributed by atoms with E-state index in [2.05, 4.69) is 20.4 Å². The van der Waals surface area contributed by atoms with Gasteiger partial charge in [-0.25, -0.2) is 4.79 Å². The monoisotopic (exact) mass is 236 g/mol. The van der Waals surface area contributed by atoms with E-state index in [0.29, 0.717) is 17.4 Å². The maximum atomic E-state index is 11.8. The van der Waals surface area contributed by atoms with Crippen molar-refractivity contribution in [1.82, 2.24) is 0 Å². The molecule has 0 aromatic carbocycles. The molecule has 2 aliphatic carbocycles. The summed E-state index contributed by atoms with van der Waals surface area (Å²) < 4.78 is 5.87. The highest BCUT2D eigenvalue weighted by Crippen LogP contribution is 2.55. The van der Waals surface area contributed by atoms with Crippen molar-refractivity contribution in [2.45, 2.75) is 58.5 Å². The highest BCUT2D eigenvalue weighted by atomic mass is 16.6. The third kappa shape index (κ3) is 2.41. The van der Waals surface area contributed by atoms with Crippen LogP contribution in [0.2, 0.25) is 0 Å². The first-order valence-corrected chi connectivity index (χ1v) is 6.82. The Labute approximate surface area is 104 Å². The molecule has 2 fully saturated rings. The molecule has 2 nitrogen and oxygen atoms in total. The first-order chi connectivity index (χ1) is 7.93. The van der Waals surface area contributed by atoms with Crippen molar-refractivity contribution in [3.8, 4) is 0 Å². The Kier molecular flexibility index (Phi) is 3.33. The number of fused-ring (bicyclic) bond motifs is 2. The molecule has 2 rings (SSSR count). The molecule has 3 unspecified atom stereocenters. The van der Waals surface area contributed by atoms with Gasteiger partial charge in [-0.3, -0.25) is 0 Å². The van der Waals surface area contributed by atoms with Crippen LogP contribution in [0.1, 0.15) is 52.9 Å². The molecule has 0 aliphatic heterocycles. The molecular formula is C15H24O2. The van der Waals surface area contributed by atoms with E-state index in [0.717, 1.165) is 18.8 Å². The van der Waals surface area contributed by atoms with E-state index in [1.54, 1.807) is 6.92 Å². The van der Waals surface area contributed by atoms with Crippen molar-refractivity contribution in [3.05, 3.63) is 12.2 Å². The van der Waals surface area contributed by atoms with Crippen molar-refractivity contribution in [2.24, 2.45) is 17.8 Å². The van der Waals surface area contributed by atoms with E-state index in [9.17, 15) is 4.79 Å². The summed E-state index contributed by atoms with van der Waals surface area (Å²) in [5.74, 6) is 1.76. The van der Waals surface area contributed by atoms with Crippen LogP contribution in [-0.4, -0.2) is 11.6 Å². The van der Waals surface area contributed by atoms with Crippen LogP contribution in [0.25, 0.3) is 0 Å². The van der Waals surface area contributed by atoms with Gasteiger partial charge in [0.15, 0.2) is 0 Å². The van der Waals surface area contributed by atoms with Crippen molar-refractivity contribution < 1.29 is 9.53 Å². The predicted molar refractivity (Wildman–Crippen MR) is 68.5 cm³/mol. The Hall–Kier alpha value is -0.790. The fourth-order valence-electron chi connectivity index (χ4n) is 3.77. The summed E-state index contributed by atoms with van der Waals surface area (Å²) in [6, 6.07) is 0. The summed E-state index contributed by atoms with van der Waals surface area (Å²) in [4.78, 5) is 11.8. The molecule has 0 amide bonds. The fraction of sp³-hybridized carbons (Fsp3) is 0.800. The normalized spacial score (nSPS) is 35.3. The zero-order valence-corrected chi connectivity index (χ0v) is 11.3. The molecule has 96 valence electrons. The number of hydrogen-bond acceptors (Lipinski definition) is 2. The Morgan fingerprint density at radius 3 is 2.59 bits per heavy atom. The molecule has 0 N–H and O–H groups in total.